The van der Waals surface area contributed by atoms with Gasteiger partial charge in [0.1, 0.15) is 4.88 Å². The van der Waals surface area contributed by atoms with Gasteiger partial charge in [0.05, 0.1) is 17.9 Å². The lowest BCUT2D eigenvalue weighted by Gasteiger charge is -2.31. The van der Waals surface area contributed by atoms with Gasteiger partial charge >= 0.3 is 0 Å². The number of amides is 1. The number of thiophene rings is 1. The third-order valence-corrected chi connectivity index (χ3v) is 5.33. The maximum atomic E-state index is 12.7. The number of anilines is 1. The van der Waals surface area contributed by atoms with Crippen LogP contribution in [0.3, 0.4) is 0 Å². The van der Waals surface area contributed by atoms with E-state index in [1.54, 1.807) is 0 Å². The van der Waals surface area contributed by atoms with Crippen molar-refractivity contribution in [2.24, 2.45) is 0 Å². The Hall–Kier alpha value is -1.59. The van der Waals surface area contributed by atoms with Gasteiger partial charge in [-0.15, -0.1) is 11.3 Å². The summed E-state index contributed by atoms with van der Waals surface area (Å²) in [5, 5.41) is 0.983. The summed E-state index contributed by atoms with van der Waals surface area (Å²) in [7, 11) is 0. The van der Waals surface area contributed by atoms with E-state index in [2.05, 4.69) is 0 Å². The van der Waals surface area contributed by atoms with Crippen LogP contribution in [0.4, 0.5) is 5.69 Å². The first kappa shape index (κ1) is 12.2. The molecule has 0 spiro atoms. The number of carbonyl (C=O) groups excluding carboxylic acids is 1. The first-order valence-electron chi connectivity index (χ1n) is 6.94. The second-order valence-electron chi connectivity index (χ2n) is 5.51. The molecule has 0 aliphatic carbocycles. The Labute approximate surface area is 121 Å². The summed E-state index contributed by atoms with van der Waals surface area (Å²) >= 11 is 1.49. The van der Waals surface area contributed by atoms with Crippen molar-refractivity contribution in [3.63, 3.8) is 0 Å². The Morgan fingerprint density at radius 1 is 1.25 bits per heavy atom. The molecule has 5 heteroatoms. The molecule has 2 fully saturated rings. The lowest BCUT2D eigenvalue weighted by atomic mass is 10.2. The van der Waals surface area contributed by atoms with Gasteiger partial charge in [-0.1, -0.05) is 18.2 Å². The first-order valence-corrected chi connectivity index (χ1v) is 7.76. The lowest BCUT2D eigenvalue weighted by molar-refractivity contribution is -0.0301. The van der Waals surface area contributed by atoms with E-state index in [1.165, 1.54) is 11.3 Å². The number of nitrogens with zero attached hydrogens (tertiary/aromatic N) is 1. The molecule has 2 atom stereocenters. The van der Waals surface area contributed by atoms with Gasteiger partial charge in [0.15, 0.2) is 0 Å². The number of benzene rings is 1. The van der Waals surface area contributed by atoms with Crippen LogP contribution in [0, 0.1) is 0 Å². The van der Waals surface area contributed by atoms with E-state index in [1.807, 2.05) is 29.2 Å². The first-order chi connectivity index (χ1) is 9.72. The highest BCUT2D eigenvalue weighted by molar-refractivity contribution is 7.21. The lowest BCUT2D eigenvalue weighted by Crippen LogP contribution is -2.45. The minimum atomic E-state index is 0.0592. The summed E-state index contributed by atoms with van der Waals surface area (Å²) < 4.78 is 6.85. The minimum absolute atomic E-state index is 0.0592. The van der Waals surface area contributed by atoms with Crippen LogP contribution in [0.15, 0.2) is 24.3 Å². The van der Waals surface area contributed by atoms with Gasteiger partial charge in [-0.05, 0) is 18.9 Å². The zero-order valence-electron chi connectivity index (χ0n) is 11.0. The fourth-order valence-electron chi connectivity index (χ4n) is 3.15. The molecule has 1 amide bonds. The third-order valence-electron chi connectivity index (χ3n) is 4.16. The molecule has 1 aromatic heterocycles. The normalized spacial score (nSPS) is 25.3. The van der Waals surface area contributed by atoms with Gasteiger partial charge in [0.2, 0.25) is 0 Å². The summed E-state index contributed by atoms with van der Waals surface area (Å²) in [5.74, 6) is 0.0592. The largest absolute Gasteiger partial charge is 0.397 e. The van der Waals surface area contributed by atoms with Crippen molar-refractivity contribution >= 4 is 33.0 Å². The van der Waals surface area contributed by atoms with Crippen molar-refractivity contribution in [1.29, 1.82) is 0 Å². The van der Waals surface area contributed by atoms with Crippen molar-refractivity contribution in [3.05, 3.63) is 29.1 Å². The fourth-order valence-corrected chi connectivity index (χ4v) is 4.24. The van der Waals surface area contributed by atoms with E-state index in [0.717, 1.165) is 22.9 Å². The molecule has 2 aliphatic heterocycles. The standard InChI is InChI=1S/C15H16N2O2S/c16-13-11-3-1-2-4-12(11)20-14(13)15(18)17-7-9-5-6-10(8-17)19-9/h1-4,9-10H,5-8,16H2. The van der Waals surface area contributed by atoms with E-state index in [-0.39, 0.29) is 18.1 Å². The van der Waals surface area contributed by atoms with Crippen molar-refractivity contribution in [3.8, 4) is 0 Å². The van der Waals surface area contributed by atoms with Crippen LogP contribution in [0.25, 0.3) is 10.1 Å². The molecule has 4 nitrogen and oxygen atoms in total. The van der Waals surface area contributed by atoms with Gasteiger partial charge in [0, 0.05) is 23.2 Å². The highest BCUT2D eigenvalue weighted by Crippen LogP contribution is 2.35. The maximum absolute atomic E-state index is 12.7. The van der Waals surface area contributed by atoms with E-state index in [9.17, 15) is 4.79 Å². The molecule has 0 radical (unpaired) electrons. The monoisotopic (exact) mass is 288 g/mol. The van der Waals surface area contributed by atoms with Gasteiger partial charge in [-0.25, -0.2) is 0 Å². The second-order valence-corrected chi connectivity index (χ2v) is 6.56. The molecular weight excluding hydrogens is 272 g/mol. The topological polar surface area (TPSA) is 55.6 Å². The van der Waals surface area contributed by atoms with Crippen LogP contribution in [0.5, 0.6) is 0 Å². The Bertz CT molecular complexity index is 670. The predicted molar refractivity (Wildman–Crippen MR) is 80.0 cm³/mol. The zero-order chi connectivity index (χ0) is 13.7. The predicted octanol–water partition coefficient (Wildman–Crippen LogP) is 2.49. The molecule has 2 unspecified atom stereocenters. The molecule has 1 aromatic carbocycles. The number of ether oxygens (including phenoxy) is 1. The number of nitrogens with two attached hydrogens (primary N) is 1. The average Bonchev–Trinajstić information content (AvgIpc) is 2.99. The van der Waals surface area contributed by atoms with Crippen LogP contribution in [0.2, 0.25) is 0 Å². The second kappa shape index (κ2) is 4.46. The van der Waals surface area contributed by atoms with Crippen molar-refractivity contribution in [2.45, 2.75) is 25.0 Å². The summed E-state index contributed by atoms with van der Waals surface area (Å²) in [6.07, 6.45) is 2.56. The zero-order valence-corrected chi connectivity index (χ0v) is 11.9. The summed E-state index contributed by atoms with van der Waals surface area (Å²) in [6, 6.07) is 7.91. The molecule has 104 valence electrons. The van der Waals surface area contributed by atoms with Crippen molar-refractivity contribution in [1.82, 2.24) is 4.90 Å². The SMILES string of the molecule is Nc1c(C(=O)N2CC3CCC(C2)O3)sc2ccccc12. The number of hydrogen-bond donors (Lipinski definition) is 1. The average molecular weight is 288 g/mol. The van der Waals surface area contributed by atoms with E-state index in [0.29, 0.717) is 23.7 Å². The molecule has 2 bridgehead atoms. The number of fused-ring (bicyclic) bond motifs is 3. The Kier molecular flexibility index (Phi) is 2.72. The quantitative estimate of drug-likeness (QED) is 0.877. The van der Waals surface area contributed by atoms with Crippen LogP contribution in [-0.4, -0.2) is 36.1 Å². The van der Waals surface area contributed by atoms with Crippen LogP contribution < -0.4 is 5.73 Å². The number of morpholine rings is 1. The van der Waals surface area contributed by atoms with Crippen molar-refractivity contribution in [2.75, 3.05) is 18.8 Å². The summed E-state index contributed by atoms with van der Waals surface area (Å²) in [5.41, 5.74) is 6.78. The minimum Gasteiger partial charge on any atom is -0.397 e. The van der Waals surface area contributed by atoms with E-state index >= 15 is 0 Å². The third kappa shape index (κ3) is 1.81. The summed E-state index contributed by atoms with van der Waals surface area (Å²) in [6.45, 7) is 1.39. The Balaban J connectivity index is 1.68. The Morgan fingerprint density at radius 3 is 2.65 bits per heavy atom. The number of nitrogen functional groups attached to an aromatic ring is 1. The summed E-state index contributed by atoms with van der Waals surface area (Å²) in [4.78, 5) is 15.3. The molecule has 2 aromatic rings. The van der Waals surface area contributed by atoms with Gasteiger partial charge in [-0.3, -0.25) is 4.79 Å². The molecule has 2 aliphatic rings. The fraction of sp³-hybridized carbons (Fsp3) is 0.400. The van der Waals surface area contributed by atoms with Crippen LogP contribution in [-0.2, 0) is 4.74 Å². The molecular formula is C15H16N2O2S. The molecule has 4 rings (SSSR count). The molecule has 2 saturated heterocycles. The van der Waals surface area contributed by atoms with E-state index in [4.69, 9.17) is 10.5 Å². The van der Waals surface area contributed by atoms with Crippen molar-refractivity contribution < 1.29 is 9.53 Å². The van der Waals surface area contributed by atoms with E-state index < -0.39 is 0 Å². The Morgan fingerprint density at radius 2 is 1.95 bits per heavy atom. The molecule has 2 N–H and O–H groups in total. The molecule has 20 heavy (non-hydrogen) atoms. The van der Waals surface area contributed by atoms with Gasteiger partial charge < -0.3 is 15.4 Å². The smallest absolute Gasteiger partial charge is 0.266 e. The highest BCUT2D eigenvalue weighted by Gasteiger charge is 2.36. The van der Waals surface area contributed by atoms with Crippen LogP contribution >= 0.6 is 11.3 Å². The van der Waals surface area contributed by atoms with Gasteiger partial charge in [-0.2, -0.15) is 0 Å². The number of hydrogen-bond acceptors (Lipinski definition) is 4. The number of likely N-dealkylation sites (tertiary alicyclic amines) is 1. The number of carbonyl (C=O) groups is 1. The van der Waals surface area contributed by atoms with Crippen LogP contribution in [0.1, 0.15) is 22.5 Å². The highest BCUT2D eigenvalue weighted by atomic mass is 32.1. The maximum Gasteiger partial charge on any atom is 0.266 e. The molecule has 0 saturated carbocycles. The van der Waals surface area contributed by atoms with Gasteiger partial charge in [0.25, 0.3) is 5.91 Å². The number of rotatable bonds is 1. The molecule has 3 heterocycles.